The first-order valence-corrected chi connectivity index (χ1v) is 7.20. The van der Waals surface area contributed by atoms with Crippen molar-refractivity contribution in [3.05, 3.63) is 0 Å². The Labute approximate surface area is 105 Å². The summed E-state index contributed by atoms with van der Waals surface area (Å²) in [6.45, 7) is 7.07. The molecule has 4 N–H and O–H groups in total. The monoisotopic (exact) mass is 240 g/mol. The van der Waals surface area contributed by atoms with E-state index in [2.05, 4.69) is 9.80 Å². The van der Waals surface area contributed by atoms with Crippen LogP contribution >= 0.6 is 0 Å². The molecule has 2 aliphatic heterocycles. The van der Waals surface area contributed by atoms with Gasteiger partial charge in [-0.25, -0.2) is 0 Å². The van der Waals surface area contributed by atoms with Gasteiger partial charge in [0.25, 0.3) is 0 Å². The van der Waals surface area contributed by atoms with E-state index in [-0.39, 0.29) is 0 Å². The van der Waals surface area contributed by atoms with Crippen LogP contribution < -0.4 is 11.5 Å². The van der Waals surface area contributed by atoms with Crippen LogP contribution in [0.15, 0.2) is 0 Å². The zero-order valence-electron chi connectivity index (χ0n) is 11.0. The molecule has 17 heavy (non-hydrogen) atoms. The summed E-state index contributed by atoms with van der Waals surface area (Å²) in [5, 5.41) is 0. The van der Waals surface area contributed by atoms with E-state index in [0.717, 1.165) is 6.54 Å². The van der Waals surface area contributed by atoms with E-state index in [1.54, 1.807) is 0 Å². The molecule has 2 aliphatic rings. The zero-order chi connectivity index (χ0) is 12.1. The largest absolute Gasteiger partial charge is 0.328 e. The Morgan fingerprint density at radius 2 is 1.47 bits per heavy atom. The van der Waals surface area contributed by atoms with Gasteiger partial charge in [0.15, 0.2) is 0 Å². The van der Waals surface area contributed by atoms with Gasteiger partial charge in [-0.1, -0.05) is 6.42 Å². The van der Waals surface area contributed by atoms with E-state index in [0.29, 0.717) is 12.1 Å². The highest BCUT2D eigenvalue weighted by atomic mass is 15.2. The van der Waals surface area contributed by atoms with Gasteiger partial charge >= 0.3 is 0 Å². The Hall–Kier alpha value is -0.160. The topological polar surface area (TPSA) is 58.5 Å². The van der Waals surface area contributed by atoms with Crippen molar-refractivity contribution in [2.75, 3.05) is 39.3 Å². The minimum absolute atomic E-state index is 0.396. The average Bonchev–Trinajstić information content (AvgIpc) is 2.53. The third kappa shape index (κ3) is 4.54. The molecule has 2 saturated heterocycles. The van der Waals surface area contributed by atoms with Crippen molar-refractivity contribution in [3.63, 3.8) is 0 Å². The summed E-state index contributed by atoms with van der Waals surface area (Å²) in [4.78, 5) is 5.10. The van der Waals surface area contributed by atoms with Crippen LogP contribution in [0.25, 0.3) is 0 Å². The van der Waals surface area contributed by atoms with Crippen molar-refractivity contribution in [2.45, 2.75) is 44.2 Å². The molecular weight excluding hydrogens is 212 g/mol. The minimum Gasteiger partial charge on any atom is -0.328 e. The van der Waals surface area contributed by atoms with Crippen LogP contribution in [0.3, 0.4) is 0 Å². The Morgan fingerprint density at radius 3 is 2.24 bits per heavy atom. The first-order chi connectivity index (χ1) is 8.24. The molecule has 0 saturated carbocycles. The summed E-state index contributed by atoms with van der Waals surface area (Å²) in [7, 11) is 0. The number of rotatable bonds is 3. The van der Waals surface area contributed by atoms with Crippen molar-refractivity contribution in [1.29, 1.82) is 0 Å². The molecule has 0 aromatic rings. The van der Waals surface area contributed by atoms with Gasteiger partial charge in [-0.15, -0.1) is 0 Å². The van der Waals surface area contributed by atoms with Crippen LogP contribution in [-0.2, 0) is 0 Å². The molecule has 4 heteroatoms. The second kappa shape index (κ2) is 6.69. The fourth-order valence-electron chi connectivity index (χ4n) is 2.92. The summed E-state index contributed by atoms with van der Waals surface area (Å²) in [6, 6.07) is 0.838. The van der Waals surface area contributed by atoms with Crippen LogP contribution in [0.1, 0.15) is 32.1 Å². The molecule has 0 bridgehead atoms. The molecule has 0 aromatic heterocycles. The molecule has 0 aromatic carbocycles. The van der Waals surface area contributed by atoms with Gasteiger partial charge < -0.3 is 21.3 Å². The number of hydrogen-bond acceptors (Lipinski definition) is 4. The number of likely N-dealkylation sites (tertiary alicyclic amines) is 2. The predicted molar refractivity (Wildman–Crippen MR) is 71.9 cm³/mol. The fourth-order valence-corrected chi connectivity index (χ4v) is 2.92. The molecule has 2 fully saturated rings. The highest BCUT2D eigenvalue weighted by molar-refractivity contribution is 4.77. The van der Waals surface area contributed by atoms with Crippen molar-refractivity contribution < 1.29 is 0 Å². The minimum atomic E-state index is 0.396. The van der Waals surface area contributed by atoms with Gasteiger partial charge in [-0.3, -0.25) is 0 Å². The Balaban J connectivity index is 1.66. The molecule has 1 atom stereocenters. The van der Waals surface area contributed by atoms with Crippen molar-refractivity contribution in [3.8, 4) is 0 Å². The van der Waals surface area contributed by atoms with Gasteiger partial charge in [-0.2, -0.15) is 0 Å². The Bertz CT molecular complexity index is 213. The van der Waals surface area contributed by atoms with E-state index >= 15 is 0 Å². The van der Waals surface area contributed by atoms with Crippen molar-refractivity contribution in [2.24, 2.45) is 11.5 Å². The Morgan fingerprint density at radius 1 is 0.765 bits per heavy atom. The lowest BCUT2D eigenvalue weighted by Gasteiger charge is -2.32. The average molecular weight is 240 g/mol. The quantitative estimate of drug-likeness (QED) is 0.741. The van der Waals surface area contributed by atoms with Crippen LogP contribution in [0, 0.1) is 0 Å². The Kier molecular flexibility index (Phi) is 5.22. The molecule has 4 nitrogen and oxygen atoms in total. The third-order valence-electron chi connectivity index (χ3n) is 4.16. The van der Waals surface area contributed by atoms with Gasteiger partial charge in [0.2, 0.25) is 0 Å². The van der Waals surface area contributed by atoms with E-state index in [1.165, 1.54) is 64.8 Å². The SMILES string of the molecule is NC1CCN(CCN2CCCCC(N)C2)CC1. The molecular formula is C13H28N4. The summed E-state index contributed by atoms with van der Waals surface area (Å²) in [6.07, 6.45) is 6.16. The van der Waals surface area contributed by atoms with Gasteiger partial charge in [0.05, 0.1) is 0 Å². The second-order valence-electron chi connectivity index (χ2n) is 5.74. The highest BCUT2D eigenvalue weighted by Crippen LogP contribution is 2.11. The molecule has 0 aliphatic carbocycles. The molecule has 0 amide bonds. The molecule has 1 unspecified atom stereocenters. The van der Waals surface area contributed by atoms with Gasteiger partial charge in [0, 0.05) is 31.7 Å². The van der Waals surface area contributed by atoms with Crippen molar-refractivity contribution >= 4 is 0 Å². The van der Waals surface area contributed by atoms with Gasteiger partial charge in [-0.05, 0) is 45.3 Å². The maximum absolute atomic E-state index is 6.08. The zero-order valence-corrected chi connectivity index (χ0v) is 11.0. The van der Waals surface area contributed by atoms with E-state index < -0.39 is 0 Å². The fraction of sp³-hybridized carbons (Fsp3) is 1.00. The first kappa shape index (κ1) is 13.3. The summed E-state index contributed by atoms with van der Waals surface area (Å²) < 4.78 is 0. The van der Waals surface area contributed by atoms with E-state index in [9.17, 15) is 0 Å². The first-order valence-electron chi connectivity index (χ1n) is 7.20. The summed E-state index contributed by atoms with van der Waals surface area (Å²) in [5.74, 6) is 0. The normalized spacial score (nSPS) is 30.4. The maximum Gasteiger partial charge on any atom is 0.0167 e. The highest BCUT2D eigenvalue weighted by Gasteiger charge is 2.18. The molecule has 0 radical (unpaired) electrons. The summed E-state index contributed by atoms with van der Waals surface area (Å²) in [5.41, 5.74) is 12.0. The standard InChI is InChI=1S/C13H28N4/c14-12-4-7-16(8-5-12)9-10-17-6-2-1-3-13(15)11-17/h12-13H,1-11,14-15H2. The van der Waals surface area contributed by atoms with Crippen molar-refractivity contribution in [1.82, 2.24) is 9.80 Å². The van der Waals surface area contributed by atoms with Gasteiger partial charge in [0.1, 0.15) is 0 Å². The molecule has 2 rings (SSSR count). The van der Waals surface area contributed by atoms with E-state index in [4.69, 9.17) is 11.5 Å². The predicted octanol–water partition coefficient (Wildman–Crippen LogP) is 0.223. The second-order valence-corrected chi connectivity index (χ2v) is 5.74. The molecule has 2 heterocycles. The summed E-state index contributed by atoms with van der Waals surface area (Å²) >= 11 is 0. The van der Waals surface area contributed by atoms with Crippen LogP contribution in [-0.4, -0.2) is 61.2 Å². The number of hydrogen-bond donors (Lipinski definition) is 2. The lowest BCUT2D eigenvalue weighted by Crippen LogP contribution is -2.44. The van der Waals surface area contributed by atoms with Crippen LogP contribution in [0.5, 0.6) is 0 Å². The molecule has 0 spiro atoms. The molecule has 100 valence electrons. The lowest BCUT2D eigenvalue weighted by molar-refractivity contribution is 0.173. The number of piperidine rings is 1. The third-order valence-corrected chi connectivity index (χ3v) is 4.16. The van der Waals surface area contributed by atoms with E-state index in [1.807, 2.05) is 0 Å². The number of nitrogens with two attached hydrogens (primary N) is 2. The maximum atomic E-state index is 6.08. The number of nitrogens with zero attached hydrogens (tertiary/aromatic N) is 2. The lowest BCUT2D eigenvalue weighted by atomic mass is 10.1. The van der Waals surface area contributed by atoms with Crippen LogP contribution in [0.4, 0.5) is 0 Å². The van der Waals surface area contributed by atoms with Crippen LogP contribution in [0.2, 0.25) is 0 Å². The smallest absolute Gasteiger partial charge is 0.0167 e.